The number of hydrogen-bond donors (Lipinski definition) is 0. The molecule has 0 N–H and O–H groups in total. The fraction of sp³-hybridized carbons (Fsp3) is 0.156. The minimum atomic E-state index is -0.548. The number of imide groups is 1. The molecule has 0 aliphatic carbocycles. The van der Waals surface area contributed by atoms with Gasteiger partial charge in [-0.1, -0.05) is 42.5 Å². The Bertz CT molecular complexity index is 1630. The van der Waals surface area contributed by atoms with Crippen molar-refractivity contribution in [2.24, 2.45) is 0 Å². The maximum atomic E-state index is 13.1. The SMILES string of the molecule is CCOc1cc(/C=C2\SC(=O)N(CCOc3cccc4ccccc34)C2=O)ccc1OC(=O)c1ccc(OC)cc1. The molecule has 0 radical (unpaired) electrons. The van der Waals surface area contributed by atoms with Crippen molar-refractivity contribution in [3.63, 3.8) is 0 Å². The first-order valence-electron chi connectivity index (χ1n) is 13.0. The third-order valence-electron chi connectivity index (χ3n) is 6.29. The van der Waals surface area contributed by atoms with E-state index in [4.69, 9.17) is 18.9 Å². The van der Waals surface area contributed by atoms with E-state index in [9.17, 15) is 14.4 Å². The summed E-state index contributed by atoms with van der Waals surface area (Å²) in [6.07, 6.45) is 1.62. The molecule has 0 spiro atoms. The Balaban J connectivity index is 1.26. The van der Waals surface area contributed by atoms with Crippen LogP contribution in [0.15, 0.2) is 89.8 Å². The van der Waals surface area contributed by atoms with Crippen LogP contribution in [0, 0.1) is 0 Å². The van der Waals surface area contributed by atoms with Crippen molar-refractivity contribution < 1.29 is 33.3 Å². The highest BCUT2D eigenvalue weighted by atomic mass is 32.2. The third-order valence-corrected chi connectivity index (χ3v) is 7.20. The van der Waals surface area contributed by atoms with Gasteiger partial charge in [-0.25, -0.2) is 4.79 Å². The topological polar surface area (TPSA) is 91.4 Å². The van der Waals surface area contributed by atoms with E-state index in [0.717, 1.165) is 22.5 Å². The number of hydrogen-bond acceptors (Lipinski definition) is 8. The fourth-order valence-electron chi connectivity index (χ4n) is 4.27. The van der Waals surface area contributed by atoms with Gasteiger partial charge < -0.3 is 18.9 Å². The summed E-state index contributed by atoms with van der Waals surface area (Å²) >= 11 is 0.866. The van der Waals surface area contributed by atoms with Crippen molar-refractivity contribution >= 4 is 45.7 Å². The number of carbonyl (C=O) groups is 3. The van der Waals surface area contributed by atoms with Gasteiger partial charge in [-0.3, -0.25) is 14.5 Å². The summed E-state index contributed by atoms with van der Waals surface area (Å²) in [5, 5.41) is 1.65. The molecule has 5 rings (SSSR count). The predicted molar refractivity (Wildman–Crippen MR) is 158 cm³/mol. The number of fused-ring (bicyclic) bond motifs is 1. The van der Waals surface area contributed by atoms with E-state index in [1.165, 1.54) is 4.90 Å². The number of benzene rings is 4. The maximum absolute atomic E-state index is 13.1. The average molecular weight is 570 g/mol. The van der Waals surface area contributed by atoms with Gasteiger partial charge >= 0.3 is 5.97 Å². The Morgan fingerprint density at radius 3 is 2.44 bits per heavy atom. The number of carbonyl (C=O) groups excluding carboxylic acids is 3. The van der Waals surface area contributed by atoms with E-state index >= 15 is 0 Å². The molecule has 208 valence electrons. The molecule has 4 aromatic carbocycles. The van der Waals surface area contributed by atoms with E-state index in [-0.39, 0.29) is 29.0 Å². The highest BCUT2D eigenvalue weighted by molar-refractivity contribution is 8.18. The Labute approximate surface area is 241 Å². The van der Waals surface area contributed by atoms with Crippen LogP contribution >= 0.6 is 11.8 Å². The van der Waals surface area contributed by atoms with Crippen LogP contribution in [0.25, 0.3) is 16.8 Å². The zero-order valence-corrected chi connectivity index (χ0v) is 23.3. The number of rotatable bonds is 10. The van der Waals surface area contributed by atoms with Gasteiger partial charge in [0.25, 0.3) is 11.1 Å². The fourth-order valence-corrected chi connectivity index (χ4v) is 5.13. The number of ether oxygens (including phenoxy) is 4. The first-order chi connectivity index (χ1) is 20.0. The van der Waals surface area contributed by atoms with Crippen LogP contribution in [0.3, 0.4) is 0 Å². The Hall–Kier alpha value is -4.76. The number of nitrogens with zero attached hydrogens (tertiary/aromatic N) is 1. The lowest BCUT2D eigenvalue weighted by Gasteiger charge is -2.14. The molecule has 9 heteroatoms. The van der Waals surface area contributed by atoms with Gasteiger partial charge in [0, 0.05) is 5.39 Å². The summed E-state index contributed by atoms with van der Waals surface area (Å²) in [5.74, 6) is 0.960. The molecule has 2 amide bonds. The lowest BCUT2D eigenvalue weighted by atomic mass is 10.1. The van der Waals surface area contributed by atoms with Gasteiger partial charge in [-0.15, -0.1) is 0 Å². The summed E-state index contributed by atoms with van der Waals surface area (Å²) in [4.78, 5) is 39.8. The van der Waals surface area contributed by atoms with Crippen LogP contribution < -0.4 is 18.9 Å². The van der Waals surface area contributed by atoms with E-state index in [1.54, 1.807) is 55.7 Å². The van der Waals surface area contributed by atoms with Crippen LogP contribution in [0.2, 0.25) is 0 Å². The smallest absolute Gasteiger partial charge is 0.343 e. The molecule has 0 unspecified atom stereocenters. The van der Waals surface area contributed by atoms with Gasteiger partial charge in [0.2, 0.25) is 0 Å². The summed E-state index contributed by atoms with van der Waals surface area (Å²) in [7, 11) is 1.55. The first kappa shape index (κ1) is 27.8. The van der Waals surface area contributed by atoms with Crippen LogP contribution in [0.5, 0.6) is 23.0 Å². The zero-order chi connectivity index (χ0) is 28.8. The molecule has 41 heavy (non-hydrogen) atoms. The molecular weight excluding hydrogens is 542 g/mol. The minimum Gasteiger partial charge on any atom is -0.497 e. The molecule has 1 aliphatic rings. The van der Waals surface area contributed by atoms with Crippen LogP contribution in [0.4, 0.5) is 4.79 Å². The summed E-state index contributed by atoms with van der Waals surface area (Å²) in [6, 6.07) is 25.1. The molecular formula is C32H27NO7S. The van der Waals surface area contributed by atoms with Gasteiger partial charge in [0.05, 0.1) is 30.7 Å². The monoisotopic (exact) mass is 569 g/mol. The number of amides is 2. The number of esters is 1. The lowest BCUT2D eigenvalue weighted by molar-refractivity contribution is -0.123. The van der Waals surface area contributed by atoms with Crippen molar-refractivity contribution in [3.05, 3.63) is 101 Å². The average Bonchev–Trinajstić information content (AvgIpc) is 3.26. The number of methoxy groups -OCH3 is 1. The molecule has 8 nitrogen and oxygen atoms in total. The first-order valence-corrected chi connectivity index (χ1v) is 13.8. The summed E-state index contributed by atoms with van der Waals surface area (Å²) in [6.45, 7) is 2.44. The van der Waals surface area contributed by atoms with Crippen molar-refractivity contribution in [3.8, 4) is 23.0 Å². The molecule has 0 saturated carbocycles. The summed E-state index contributed by atoms with van der Waals surface area (Å²) in [5.41, 5.74) is 0.977. The standard InChI is InChI=1S/C32H27NO7S/c1-3-38-28-19-21(11-16-27(28)40-31(35)23-12-14-24(37-2)15-13-23)20-29-30(34)33(32(36)41-29)17-18-39-26-10-6-8-22-7-4-5-9-25(22)26/h4-16,19-20H,3,17-18H2,1-2H3/b29-20-. The second kappa shape index (κ2) is 12.6. The van der Waals surface area contributed by atoms with Gasteiger partial charge in [-0.2, -0.15) is 0 Å². The maximum Gasteiger partial charge on any atom is 0.343 e. The molecule has 1 heterocycles. The van der Waals surface area contributed by atoms with Gasteiger partial charge in [0.15, 0.2) is 11.5 Å². The van der Waals surface area contributed by atoms with E-state index in [1.807, 2.05) is 49.4 Å². The third kappa shape index (κ3) is 6.36. The van der Waals surface area contributed by atoms with Gasteiger partial charge in [0.1, 0.15) is 18.1 Å². The van der Waals surface area contributed by atoms with Crippen molar-refractivity contribution in [2.45, 2.75) is 6.92 Å². The Morgan fingerprint density at radius 2 is 1.66 bits per heavy atom. The van der Waals surface area contributed by atoms with Crippen molar-refractivity contribution in [2.75, 3.05) is 26.9 Å². The molecule has 0 aromatic heterocycles. The van der Waals surface area contributed by atoms with Crippen molar-refractivity contribution in [1.29, 1.82) is 0 Å². The van der Waals surface area contributed by atoms with Crippen molar-refractivity contribution in [1.82, 2.24) is 4.90 Å². The largest absolute Gasteiger partial charge is 0.497 e. The van der Waals surface area contributed by atoms with E-state index < -0.39 is 11.9 Å². The van der Waals surface area contributed by atoms with E-state index in [2.05, 4.69) is 0 Å². The normalized spacial score (nSPS) is 14.0. The Kier molecular flexibility index (Phi) is 8.55. The number of thioether (sulfide) groups is 1. The minimum absolute atomic E-state index is 0.121. The Morgan fingerprint density at radius 1 is 0.878 bits per heavy atom. The van der Waals surface area contributed by atoms with Crippen LogP contribution in [-0.4, -0.2) is 48.9 Å². The molecule has 0 bridgehead atoms. The second-order valence-corrected chi connectivity index (χ2v) is 9.91. The molecule has 4 aromatic rings. The van der Waals surface area contributed by atoms with Crippen LogP contribution in [-0.2, 0) is 4.79 Å². The molecule has 1 fully saturated rings. The predicted octanol–water partition coefficient (Wildman–Crippen LogP) is 6.58. The second-order valence-electron chi connectivity index (χ2n) is 8.92. The molecule has 1 saturated heterocycles. The zero-order valence-electron chi connectivity index (χ0n) is 22.5. The van der Waals surface area contributed by atoms with E-state index in [0.29, 0.717) is 35.0 Å². The highest BCUT2D eigenvalue weighted by Gasteiger charge is 2.35. The quantitative estimate of drug-likeness (QED) is 0.120. The lowest BCUT2D eigenvalue weighted by Crippen LogP contribution is -2.32. The van der Waals surface area contributed by atoms with Gasteiger partial charge in [-0.05, 0) is 78.2 Å². The highest BCUT2D eigenvalue weighted by Crippen LogP contribution is 2.35. The van der Waals surface area contributed by atoms with Crippen LogP contribution in [0.1, 0.15) is 22.8 Å². The molecule has 0 atom stereocenters. The molecule has 1 aliphatic heterocycles. The summed E-state index contributed by atoms with van der Waals surface area (Å²) < 4.78 is 22.3.